The van der Waals surface area contributed by atoms with Crippen LogP contribution in [0.25, 0.3) is 0 Å². The lowest BCUT2D eigenvalue weighted by molar-refractivity contribution is 0.0636. The van der Waals surface area contributed by atoms with Crippen LogP contribution in [0.5, 0.6) is 0 Å². The van der Waals surface area contributed by atoms with E-state index >= 15 is 0 Å². The number of hydrogen-bond donors (Lipinski definition) is 2. The van der Waals surface area contributed by atoms with E-state index in [1.807, 2.05) is 0 Å². The maximum atomic E-state index is 11.7. The molecule has 0 aromatic heterocycles. The van der Waals surface area contributed by atoms with Crippen molar-refractivity contribution in [3.05, 3.63) is 27.2 Å². The number of ether oxygens (including phenoxy) is 1. The van der Waals surface area contributed by atoms with E-state index in [-0.39, 0.29) is 16.3 Å². The Morgan fingerprint density at radius 1 is 1.37 bits per heavy atom. The fraction of sp³-hybridized carbons (Fsp3) is 0.333. The molecule has 0 unspecified atom stereocenters. The summed E-state index contributed by atoms with van der Waals surface area (Å²) in [6, 6.07) is 2.74. The van der Waals surface area contributed by atoms with Crippen molar-refractivity contribution in [2.75, 3.05) is 5.32 Å². The highest BCUT2D eigenvalue weighted by molar-refractivity contribution is 9.10. The molecule has 0 saturated heterocycles. The Morgan fingerprint density at radius 2 is 1.95 bits per heavy atom. The number of amides is 1. The molecule has 1 aromatic rings. The Kier molecular flexibility index (Phi) is 4.81. The third-order valence-corrected chi connectivity index (χ3v) is 2.75. The summed E-state index contributed by atoms with van der Waals surface area (Å²) < 4.78 is 5.43. The van der Waals surface area contributed by atoms with Crippen LogP contribution in [0.1, 0.15) is 31.1 Å². The van der Waals surface area contributed by atoms with E-state index in [1.54, 1.807) is 20.8 Å². The van der Waals surface area contributed by atoms with Gasteiger partial charge in [-0.1, -0.05) is 11.6 Å². The van der Waals surface area contributed by atoms with Gasteiger partial charge in [-0.3, -0.25) is 5.32 Å². The van der Waals surface area contributed by atoms with Crippen LogP contribution in [-0.4, -0.2) is 22.8 Å². The molecule has 0 atom stereocenters. The minimum atomic E-state index is -1.20. The fourth-order valence-corrected chi connectivity index (χ4v) is 2.18. The van der Waals surface area contributed by atoms with Crippen LogP contribution in [0.4, 0.5) is 10.5 Å². The van der Waals surface area contributed by atoms with E-state index in [9.17, 15) is 9.59 Å². The molecule has 0 aliphatic heterocycles. The number of carbonyl (C=O) groups is 2. The monoisotopic (exact) mass is 349 g/mol. The number of hydrogen-bond acceptors (Lipinski definition) is 3. The maximum absolute atomic E-state index is 11.7. The van der Waals surface area contributed by atoms with Crippen LogP contribution < -0.4 is 5.32 Å². The predicted molar refractivity (Wildman–Crippen MR) is 76.0 cm³/mol. The molecule has 0 aliphatic carbocycles. The zero-order valence-corrected chi connectivity index (χ0v) is 12.9. The van der Waals surface area contributed by atoms with Crippen LogP contribution >= 0.6 is 27.5 Å². The number of carboxylic acids is 1. The summed E-state index contributed by atoms with van der Waals surface area (Å²) in [5.74, 6) is -1.20. The first kappa shape index (κ1) is 15.8. The summed E-state index contributed by atoms with van der Waals surface area (Å²) in [7, 11) is 0. The molecule has 1 rings (SSSR count). The molecule has 2 N–H and O–H groups in total. The highest BCUT2D eigenvalue weighted by Gasteiger charge is 2.21. The van der Waals surface area contributed by atoms with Gasteiger partial charge in [-0.15, -0.1) is 0 Å². The summed E-state index contributed by atoms with van der Waals surface area (Å²) in [6.45, 7) is 5.13. The summed E-state index contributed by atoms with van der Waals surface area (Å²) in [4.78, 5) is 22.8. The number of benzene rings is 1. The molecule has 7 heteroatoms. The van der Waals surface area contributed by atoms with Crippen molar-refractivity contribution >= 4 is 45.3 Å². The molecular formula is C12H13BrClNO4. The molecule has 0 heterocycles. The minimum Gasteiger partial charge on any atom is -0.478 e. The highest BCUT2D eigenvalue weighted by atomic mass is 79.9. The van der Waals surface area contributed by atoms with Gasteiger partial charge in [-0.05, 0) is 48.8 Å². The Morgan fingerprint density at radius 3 is 2.42 bits per heavy atom. The number of carbonyl (C=O) groups excluding carboxylic acids is 1. The average Bonchev–Trinajstić information content (AvgIpc) is 2.18. The number of aromatic carboxylic acids is 1. The smallest absolute Gasteiger partial charge is 0.412 e. The van der Waals surface area contributed by atoms with Gasteiger partial charge < -0.3 is 9.84 Å². The van der Waals surface area contributed by atoms with Crippen LogP contribution in [-0.2, 0) is 4.74 Å². The summed E-state index contributed by atoms with van der Waals surface area (Å²) in [5.41, 5.74) is -0.691. The van der Waals surface area contributed by atoms with Gasteiger partial charge in [0.05, 0.1) is 11.3 Å². The van der Waals surface area contributed by atoms with Crippen LogP contribution in [0.2, 0.25) is 5.02 Å². The predicted octanol–water partition coefficient (Wildman–Crippen LogP) is 4.15. The largest absolute Gasteiger partial charge is 0.478 e. The Labute approximate surface area is 124 Å². The van der Waals surface area contributed by atoms with Gasteiger partial charge in [-0.25, -0.2) is 9.59 Å². The molecule has 19 heavy (non-hydrogen) atoms. The maximum Gasteiger partial charge on any atom is 0.412 e. The van der Waals surface area contributed by atoms with Gasteiger partial charge in [-0.2, -0.15) is 0 Å². The highest BCUT2D eigenvalue weighted by Crippen LogP contribution is 2.31. The Balaban J connectivity index is 3.07. The van der Waals surface area contributed by atoms with Gasteiger partial charge in [0.1, 0.15) is 5.60 Å². The Hall–Kier alpha value is -1.27. The first-order valence-corrected chi connectivity index (χ1v) is 6.49. The van der Waals surface area contributed by atoms with Crippen molar-refractivity contribution in [2.45, 2.75) is 26.4 Å². The molecule has 104 valence electrons. The molecular weight excluding hydrogens is 337 g/mol. The minimum absolute atomic E-state index is 0.103. The van der Waals surface area contributed by atoms with E-state index in [0.29, 0.717) is 4.47 Å². The van der Waals surface area contributed by atoms with Gasteiger partial charge in [0.2, 0.25) is 0 Å². The van der Waals surface area contributed by atoms with Crippen molar-refractivity contribution in [1.29, 1.82) is 0 Å². The molecule has 0 saturated carbocycles. The number of halogens is 2. The molecule has 1 amide bonds. The molecule has 5 nitrogen and oxygen atoms in total. The lowest BCUT2D eigenvalue weighted by Crippen LogP contribution is -2.28. The molecule has 0 bridgehead atoms. The molecule has 0 fully saturated rings. The van der Waals surface area contributed by atoms with E-state index in [1.165, 1.54) is 12.1 Å². The lowest BCUT2D eigenvalue weighted by Gasteiger charge is -2.20. The number of carboxylic acid groups (broad SMARTS) is 1. The van der Waals surface area contributed by atoms with Crippen LogP contribution in [0.3, 0.4) is 0 Å². The quantitative estimate of drug-likeness (QED) is 0.840. The van der Waals surface area contributed by atoms with Gasteiger partial charge in [0, 0.05) is 9.50 Å². The van der Waals surface area contributed by atoms with E-state index in [2.05, 4.69) is 21.2 Å². The fourth-order valence-electron chi connectivity index (χ4n) is 1.27. The van der Waals surface area contributed by atoms with E-state index in [4.69, 9.17) is 21.4 Å². The van der Waals surface area contributed by atoms with E-state index < -0.39 is 17.7 Å². The van der Waals surface area contributed by atoms with Crippen molar-refractivity contribution < 1.29 is 19.4 Å². The third-order valence-electron chi connectivity index (χ3n) is 1.91. The van der Waals surface area contributed by atoms with Crippen molar-refractivity contribution in [1.82, 2.24) is 0 Å². The topological polar surface area (TPSA) is 75.6 Å². The first-order chi connectivity index (χ1) is 8.60. The average molecular weight is 351 g/mol. The summed E-state index contributed by atoms with van der Waals surface area (Å²) >= 11 is 8.93. The first-order valence-electron chi connectivity index (χ1n) is 5.32. The molecule has 0 aliphatic rings. The van der Waals surface area contributed by atoms with Crippen LogP contribution in [0, 0.1) is 0 Å². The molecule has 0 spiro atoms. The number of nitrogens with one attached hydrogen (secondary N) is 1. The van der Waals surface area contributed by atoms with Gasteiger partial charge in [0.25, 0.3) is 0 Å². The van der Waals surface area contributed by atoms with Gasteiger partial charge >= 0.3 is 12.1 Å². The van der Waals surface area contributed by atoms with Crippen molar-refractivity contribution in [2.24, 2.45) is 0 Å². The normalized spacial score (nSPS) is 11.0. The van der Waals surface area contributed by atoms with Gasteiger partial charge in [0.15, 0.2) is 0 Å². The van der Waals surface area contributed by atoms with Crippen molar-refractivity contribution in [3.63, 3.8) is 0 Å². The standard InChI is InChI=1S/C12H13BrClNO4/c1-12(2,3)19-11(18)15-9-7(10(16)17)4-6(14)5-8(9)13/h4-5H,1-3H3,(H,15,18)(H,16,17). The second kappa shape index (κ2) is 5.79. The summed E-state index contributed by atoms with van der Waals surface area (Å²) in [5, 5.41) is 11.7. The molecule has 1 aromatic carbocycles. The zero-order chi connectivity index (χ0) is 14.8. The lowest BCUT2D eigenvalue weighted by atomic mass is 10.2. The zero-order valence-electron chi connectivity index (χ0n) is 10.6. The third kappa shape index (κ3) is 4.72. The summed E-state index contributed by atoms with van der Waals surface area (Å²) in [6.07, 6.45) is -0.738. The number of rotatable bonds is 2. The van der Waals surface area contributed by atoms with E-state index in [0.717, 1.165) is 0 Å². The second-order valence-corrected chi connectivity index (χ2v) is 6.03. The SMILES string of the molecule is CC(C)(C)OC(=O)Nc1c(Br)cc(Cl)cc1C(=O)O. The van der Waals surface area contributed by atoms with Crippen LogP contribution in [0.15, 0.2) is 16.6 Å². The van der Waals surface area contributed by atoms with Crippen molar-refractivity contribution in [3.8, 4) is 0 Å². The molecule has 0 radical (unpaired) electrons. The number of anilines is 1. The second-order valence-electron chi connectivity index (χ2n) is 4.74. The Bertz CT molecular complexity index is 525.